The van der Waals surface area contributed by atoms with Gasteiger partial charge in [0, 0.05) is 32.3 Å². The summed E-state index contributed by atoms with van der Waals surface area (Å²) in [5.74, 6) is -4.48. The highest BCUT2D eigenvalue weighted by molar-refractivity contribution is 7.86. The summed E-state index contributed by atoms with van der Waals surface area (Å²) in [5.41, 5.74) is -1.03. The van der Waals surface area contributed by atoms with Crippen molar-refractivity contribution >= 4 is 87.2 Å². The molecule has 0 bridgehead atoms. The standard InChI is InChI=1S/C24H8O12S2/c25-21-9-3-1-7-17-13(37(29,30)31)5-12-16-10(22(26)36-24(12)28)4-2-8(20(16)17)18-14(38(32,33)34)6-11(23(27)35-21)15(9)19(7)18/h1-6H,(H,29,30,31)(H,32,33,34). The molecule has 0 aromatic heterocycles. The van der Waals surface area contributed by atoms with Gasteiger partial charge in [0.2, 0.25) is 0 Å². The van der Waals surface area contributed by atoms with Crippen molar-refractivity contribution in [2.45, 2.75) is 9.79 Å². The lowest BCUT2D eigenvalue weighted by molar-refractivity contribution is 0.0373. The van der Waals surface area contributed by atoms with E-state index in [1.165, 1.54) is 24.3 Å². The van der Waals surface area contributed by atoms with E-state index in [-0.39, 0.29) is 65.3 Å². The molecule has 2 N–H and O–H groups in total. The van der Waals surface area contributed by atoms with Crippen molar-refractivity contribution in [3.63, 3.8) is 0 Å². The lowest BCUT2D eigenvalue weighted by atomic mass is 9.83. The third kappa shape index (κ3) is 2.63. The van der Waals surface area contributed by atoms with Gasteiger partial charge in [-0.2, -0.15) is 16.8 Å². The van der Waals surface area contributed by atoms with Crippen LogP contribution in [0.5, 0.6) is 0 Å². The van der Waals surface area contributed by atoms with Crippen molar-refractivity contribution < 1.29 is 54.6 Å². The SMILES string of the molecule is O=C1OC(=O)c2cc(S(=O)(=O)O)c3c4ccc5c6c(cc(S(=O)(=O)O)c(c7ccc1c2c73)c64)C(=O)OC5=O. The fourth-order valence-electron chi connectivity index (χ4n) is 5.49. The van der Waals surface area contributed by atoms with Crippen molar-refractivity contribution in [2.75, 3.05) is 0 Å². The number of rotatable bonds is 2. The minimum atomic E-state index is -5.07. The van der Waals surface area contributed by atoms with E-state index >= 15 is 0 Å². The zero-order valence-corrected chi connectivity index (χ0v) is 19.9. The van der Waals surface area contributed by atoms with Gasteiger partial charge in [-0.3, -0.25) is 9.11 Å². The molecule has 38 heavy (non-hydrogen) atoms. The Hall–Kier alpha value is -4.50. The summed E-state index contributed by atoms with van der Waals surface area (Å²) in [7, 11) is -10.1. The Morgan fingerprint density at radius 1 is 0.474 bits per heavy atom. The fourth-order valence-corrected chi connectivity index (χ4v) is 6.96. The summed E-state index contributed by atoms with van der Waals surface area (Å²) in [6, 6.07) is 6.61. The number of hydrogen-bond acceptors (Lipinski definition) is 10. The predicted octanol–water partition coefficient (Wildman–Crippen LogP) is 2.85. The first kappa shape index (κ1) is 22.7. The van der Waals surface area contributed by atoms with Crippen LogP contribution < -0.4 is 0 Å². The van der Waals surface area contributed by atoms with Crippen LogP contribution in [0.1, 0.15) is 41.4 Å². The lowest BCUT2D eigenvalue weighted by Gasteiger charge is -2.24. The maximum atomic E-state index is 12.6. The van der Waals surface area contributed by atoms with Crippen LogP contribution in [0.3, 0.4) is 0 Å². The molecule has 0 fully saturated rings. The van der Waals surface area contributed by atoms with E-state index < -0.39 is 53.9 Å². The largest absolute Gasteiger partial charge is 0.386 e. The van der Waals surface area contributed by atoms with Crippen LogP contribution >= 0.6 is 0 Å². The quantitative estimate of drug-likeness (QED) is 0.107. The Morgan fingerprint density at radius 3 is 1.16 bits per heavy atom. The molecule has 7 rings (SSSR count). The Morgan fingerprint density at radius 2 is 0.816 bits per heavy atom. The monoisotopic (exact) mass is 552 g/mol. The molecule has 0 saturated heterocycles. The van der Waals surface area contributed by atoms with Crippen molar-refractivity contribution in [3.05, 3.63) is 58.7 Å². The van der Waals surface area contributed by atoms with Crippen molar-refractivity contribution in [2.24, 2.45) is 0 Å². The van der Waals surface area contributed by atoms with E-state index in [4.69, 9.17) is 9.47 Å². The van der Waals surface area contributed by atoms with E-state index in [1.54, 1.807) is 0 Å². The van der Waals surface area contributed by atoms with Crippen LogP contribution in [-0.4, -0.2) is 49.8 Å². The molecule has 5 aromatic rings. The van der Waals surface area contributed by atoms with E-state index in [2.05, 4.69) is 0 Å². The van der Waals surface area contributed by atoms with Gasteiger partial charge in [0.05, 0.1) is 22.3 Å². The number of ether oxygens (including phenoxy) is 2. The predicted molar refractivity (Wildman–Crippen MR) is 127 cm³/mol. The minimum absolute atomic E-state index is 0.0526. The first-order valence-electron chi connectivity index (χ1n) is 10.5. The van der Waals surface area contributed by atoms with Crippen LogP contribution in [-0.2, 0) is 29.7 Å². The topological polar surface area (TPSA) is 195 Å². The molecule has 0 radical (unpaired) electrons. The number of carbonyl (C=O) groups excluding carboxylic acids is 4. The van der Waals surface area contributed by atoms with Gasteiger partial charge >= 0.3 is 23.9 Å². The minimum Gasteiger partial charge on any atom is -0.386 e. The van der Waals surface area contributed by atoms with Gasteiger partial charge in [-0.15, -0.1) is 0 Å². The number of benzene rings is 5. The summed E-state index contributed by atoms with van der Waals surface area (Å²) in [6.07, 6.45) is 0. The number of carbonyl (C=O) groups is 4. The zero-order chi connectivity index (χ0) is 27.0. The molecule has 188 valence electrons. The molecule has 2 heterocycles. The highest BCUT2D eigenvalue weighted by Crippen LogP contribution is 2.49. The molecule has 2 aliphatic rings. The second-order valence-electron chi connectivity index (χ2n) is 8.72. The van der Waals surface area contributed by atoms with Crippen molar-refractivity contribution in [3.8, 4) is 0 Å². The van der Waals surface area contributed by atoms with Gasteiger partial charge < -0.3 is 9.47 Å². The van der Waals surface area contributed by atoms with Gasteiger partial charge in [-0.25, -0.2) is 19.2 Å². The highest BCUT2D eigenvalue weighted by Gasteiger charge is 2.37. The molecule has 12 nitrogen and oxygen atoms in total. The maximum absolute atomic E-state index is 12.6. The second kappa shape index (κ2) is 6.68. The Kier molecular flexibility index (Phi) is 3.98. The third-order valence-corrected chi connectivity index (χ3v) is 8.59. The molecule has 14 heteroatoms. The van der Waals surface area contributed by atoms with Crippen molar-refractivity contribution in [1.29, 1.82) is 0 Å². The van der Waals surface area contributed by atoms with Gasteiger partial charge in [0.1, 0.15) is 9.79 Å². The first-order valence-corrected chi connectivity index (χ1v) is 13.4. The van der Waals surface area contributed by atoms with Gasteiger partial charge in [0.25, 0.3) is 20.2 Å². The van der Waals surface area contributed by atoms with Crippen LogP contribution in [0.15, 0.2) is 46.2 Å². The van der Waals surface area contributed by atoms with Crippen LogP contribution in [0.2, 0.25) is 0 Å². The number of fused-ring (bicyclic) bond motifs is 2. The van der Waals surface area contributed by atoms with Crippen LogP contribution in [0.25, 0.3) is 43.1 Å². The van der Waals surface area contributed by atoms with E-state index in [0.717, 1.165) is 12.1 Å². The molecule has 0 amide bonds. The molecule has 0 aliphatic carbocycles. The molecule has 0 spiro atoms. The summed E-state index contributed by atoms with van der Waals surface area (Å²) in [5, 5.41) is -0.857. The average Bonchev–Trinajstić information content (AvgIpc) is 2.83. The molecule has 0 saturated carbocycles. The van der Waals surface area contributed by atoms with Gasteiger partial charge in [-0.1, -0.05) is 12.1 Å². The molecule has 0 atom stereocenters. The molecule has 5 aromatic carbocycles. The lowest BCUT2D eigenvalue weighted by Crippen LogP contribution is -2.22. The summed E-state index contributed by atoms with van der Waals surface area (Å²) in [6.45, 7) is 0. The van der Waals surface area contributed by atoms with Gasteiger partial charge in [-0.05, 0) is 35.0 Å². The maximum Gasteiger partial charge on any atom is 0.346 e. The normalized spacial score (nSPS) is 15.6. The first-order chi connectivity index (χ1) is 17.8. The fraction of sp³-hybridized carbons (Fsp3) is 0. The molecular formula is C24H8O12S2. The van der Waals surface area contributed by atoms with Gasteiger partial charge in [0.15, 0.2) is 0 Å². The highest BCUT2D eigenvalue weighted by atomic mass is 32.2. The second-order valence-corrected chi connectivity index (χ2v) is 11.5. The summed E-state index contributed by atoms with van der Waals surface area (Å²) >= 11 is 0. The zero-order valence-electron chi connectivity index (χ0n) is 18.3. The van der Waals surface area contributed by atoms with E-state index in [9.17, 15) is 45.1 Å². The van der Waals surface area contributed by atoms with E-state index in [1.807, 2.05) is 0 Å². The summed E-state index contributed by atoms with van der Waals surface area (Å²) < 4.78 is 80.0. The number of esters is 4. The number of cyclic esters (lactones) is 4. The average molecular weight is 552 g/mol. The van der Waals surface area contributed by atoms with Crippen LogP contribution in [0.4, 0.5) is 0 Å². The van der Waals surface area contributed by atoms with Crippen molar-refractivity contribution in [1.82, 2.24) is 0 Å². The van der Waals surface area contributed by atoms with Crippen LogP contribution in [0, 0.1) is 0 Å². The third-order valence-electron chi connectivity index (χ3n) is 6.84. The van der Waals surface area contributed by atoms with E-state index in [0.29, 0.717) is 0 Å². The Labute approximate surface area is 210 Å². The Bertz CT molecular complexity index is 2130. The summed E-state index contributed by atoms with van der Waals surface area (Å²) in [4.78, 5) is 48.8. The molecule has 0 unspecified atom stereocenters. The molecular weight excluding hydrogens is 544 g/mol. The molecule has 2 aliphatic heterocycles. The Balaban J connectivity index is 1.95. The smallest absolute Gasteiger partial charge is 0.346 e. The number of hydrogen-bond donors (Lipinski definition) is 2.